The molecule has 0 atom stereocenters. The van der Waals surface area contributed by atoms with E-state index in [0.29, 0.717) is 11.3 Å². The Morgan fingerprint density at radius 2 is 1.57 bits per heavy atom. The fraction of sp³-hybridized carbons (Fsp3) is 0.0435. The molecule has 4 aromatic rings. The van der Waals surface area contributed by atoms with Crippen LogP contribution in [0.2, 0.25) is 0 Å². The maximum absolute atomic E-state index is 11.4. The summed E-state index contributed by atoms with van der Waals surface area (Å²) < 4.78 is 0. The molecule has 0 spiro atoms. The maximum Gasteiger partial charge on any atom is 0.248 e. The van der Waals surface area contributed by atoms with Gasteiger partial charge in [0, 0.05) is 22.4 Å². The van der Waals surface area contributed by atoms with E-state index in [1.807, 2.05) is 54.6 Å². The van der Waals surface area contributed by atoms with Crippen molar-refractivity contribution in [3.05, 3.63) is 96.1 Å². The number of thioether (sulfide) groups is 1. The lowest BCUT2D eigenvalue weighted by Crippen LogP contribution is -2.10. The third-order valence-corrected chi connectivity index (χ3v) is 5.32. The Hall–Kier alpha value is -3.31. The number of aromatic nitrogens is 2. The standard InChI is InChI=1S/C23H19N3OS/c24-22(27)19-13-7-8-16(14-19)15-28-23-25-20(17-9-3-1-4-10-17)21(26-23)18-11-5-2-6-12-18/h1-14H,15H2,(H2,24,27)(H,25,26). The Morgan fingerprint density at radius 1 is 0.893 bits per heavy atom. The van der Waals surface area contributed by atoms with E-state index in [-0.39, 0.29) is 0 Å². The molecule has 0 fully saturated rings. The lowest BCUT2D eigenvalue weighted by molar-refractivity contribution is 0.1000. The van der Waals surface area contributed by atoms with Crippen molar-refractivity contribution in [2.75, 3.05) is 0 Å². The average molecular weight is 385 g/mol. The Kier molecular flexibility index (Phi) is 5.26. The summed E-state index contributed by atoms with van der Waals surface area (Å²) in [6.07, 6.45) is 0. The van der Waals surface area contributed by atoms with E-state index in [2.05, 4.69) is 29.2 Å². The zero-order valence-electron chi connectivity index (χ0n) is 15.1. The van der Waals surface area contributed by atoms with E-state index in [1.54, 1.807) is 17.8 Å². The van der Waals surface area contributed by atoms with Crippen LogP contribution in [0.25, 0.3) is 22.5 Å². The molecule has 1 aromatic heterocycles. The lowest BCUT2D eigenvalue weighted by atomic mass is 10.1. The second-order valence-electron chi connectivity index (χ2n) is 6.35. The molecular weight excluding hydrogens is 366 g/mol. The summed E-state index contributed by atoms with van der Waals surface area (Å²) in [5, 5.41) is 0.835. The fourth-order valence-electron chi connectivity index (χ4n) is 3.00. The normalized spacial score (nSPS) is 10.7. The Balaban J connectivity index is 1.64. The van der Waals surface area contributed by atoms with Crippen LogP contribution in [0.3, 0.4) is 0 Å². The number of nitrogens with two attached hydrogens (primary N) is 1. The van der Waals surface area contributed by atoms with Crippen molar-refractivity contribution in [2.24, 2.45) is 5.73 Å². The third kappa shape index (κ3) is 4.00. The first-order valence-electron chi connectivity index (χ1n) is 8.93. The topological polar surface area (TPSA) is 71.8 Å². The number of rotatable bonds is 6. The first-order valence-corrected chi connectivity index (χ1v) is 9.91. The number of nitrogens with one attached hydrogen (secondary N) is 1. The molecule has 0 saturated carbocycles. The molecule has 0 aliphatic heterocycles. The minimum Gasteiger partial charge on any atom is -0.366 e. The van der Waals surface area contributed by atoms with Crippen LogP contribution in [-0.2, 0) is 5.75 Å². The van der Waals surface area contributed by atoms with Gasteiger partial charge in [-0.2, -0.15) is 0 Å². The second-order valence-corrected chi connectivity index (χ2v) is 7.31. The van der Waals surface area contributed by atoms with Gasteiger partial charge in [-0.3, -0.25) is 4.79 Å². The van der Waals surface area contributed by atoms with Crippen LogP contribution in [0.4, 0.5) is 0 Å². The van der Waals surface area contributed by atoms with E-state index in [9.17, 15) is 4.79 Å². The largest absolute Gasteiger partial charge is 0.366 e. The number of hydrogen-bond donors (Lipinski definition) is 2. The van der Waals surface area contributed by atoms with Crippen molar-refractivity contribution in [3.63, 3.8) is 0 Å². The molecule has 0 radical (unpaired) electrons. The highest BCUT2D eigenvalue weighted by atomic mass is 32.2. The van der Waals surface area contributed by atoms with Crippen molar-refractivity contribution in [2.45, 2.75) is 10.9 Å². The molecule has 1 amide bonds. The van der Waals surface area contributed by atoms with E-state index < -0.39 is 5.91 Å². The molecule has 0 aliphatic carbocycles. The van der Waals surface area contributed by atoms with Gasteiger partial charge in [-0.1, -0.05) is 84.6 Å². The molecule has 5 heteroatoms. The zero-order chi connectivity index (χ0) is 19.3. The van der Waals surface area contributed by atoms with Crippen LogP contribution < -0.4 is 5.73 Å². The van der Waals surface area contributed by atoms with Crippen LogP contribution in [0.1, 0.15) is 15.9 Å². The quantitative estimate of drug-likeness (QED) is 0.452. The van der Waals surface area contributed by atoms with Crippen molar-refractivity contribution < 1.29 is 4.79 Å². The van der Waals surface area contributed by atoms with Gasteiger partial charge in [0.15, 0.2) is 5.16 Å². The molecule has 3 aromatic carbocycles. The van der Waals surface area contributed by atoms with Crippen molar-refractivity contribution in [3.8, 4) is 22.5 Å². The number of amides is 1. The molecular formula is C23H19N3OS. The van der Waals surface area contributed by atoms with E-state index in [0.717, 1.165) is 33.2 Å². The Bertz CT molecular complexity index is 1030. The number of benzene rings is 3. The molecule has 0 aliphatic rings. The van der Waals surface area contributed by atoms with Gasteiger partial charge in [-0.25, -0.2) is 4.98 Å². The number of carbonyl (C=O) groups is 1. The molecule has 28 heavy (non-hydrogen) atoms. The Morgan fingerprint density at radius 3 is 2.25 bits per heavy atom. The van der Waals surface area contributed by atoms with Crippen LogP contribution in [0.15, 0.2) is 90.1 Å². The molecule has 1 heterocycles. The van der Waals surface area contributed by atoms with Gasteiger partial charge in [-0.15, -0.1) is 0 Å². The number of aromatic amines is 1. The first kappa shape index (κ1) is 18.1. The summed E-state index contributed by atoms with van der Waals surface area (Å²) in [4.78, 5) is 19.7. The Labute approximate surface area is 167 Å². The number of H-pyrrole nitrogens is 1. The minimum atomic E-state index is -0.414. The number of hydrogen-bond acceptors (Lipinski definition) is 3. The monoisotopic (exact) mass is 385 g/mol. The van der Waals surface area contributed by atoms with Gasteiger partial charge >= 0.3 is 0 Å². The molecule has 0 saturated heterocycles. The van der Waals surface area contributed by atoms with Gasteiger partial charge in [-0.05, 0) is 17.7 Å². The molecule has 4 rings (SSSR count). The van der Waals surface area contributed by atoms with Gasteiger partial charge in [0.05, 0.1) is 11.4 Å². The van der Waals surface area contributed by atoms with Crippen LogP contribution in [0, 0.1) is 0 Å². The van der Waals surface area contributed by atoms with Crippen LogP contribution in [-0.4, -0.2) is 15.9 Å². The molecule has 4 nitrogen and oxygen atoms in total. The van der Waals surface area contributed by atoms with Crippen LogP contribution in [0.5, 0.6) is 0 Å². The molecule has 3 N–H and O–H groups in total. The summed E-state index contributed by atoms with van der Waals surface area (Å²) in [5.74, 6) is 0.277. The van der Waals surface area contributed by atoms with Gasteiger partial charge in [0.1, 0.15) is 0 Å². The predicted octanol–water partition coefficient (Wildman–Crippen LogP) is 5.13. The minimum absolute atomic E-state index is 0.414. The van der Waals surface area contributed by atoms with Crippen molar-refractivity contribution in [1.29, 1.82) is 0 Å². The average Bonchev–Trinajstić information content (AvgIpc) is 3.18. The first-order chi connectivity index (χ1) is 13.7. The third-order valence-electron chi connectivity index (χ3n) is 4.38. The van der Waals surface area contributed by atoms with Gasteiger partial charge < -0.3 is 10.7 Å². The van der Waals surface area contributed by atoms with E-state index >= 15 is 0 Å². The SMILES string of the molecule is NC(=O)c1cccc(CSc2nc(-c3ccccc3)c(-c3ccccc3)[nH]2)c1. The second kappa shape index (κ2) is 8.15. The van der Waals surface area contributed by atoms with E-state index in [1.165, 1.54) is 0 Å². The lowest BCUT2D eigenvalue weighted by Gasteiger charge is -2.02. The number of nitrogens with zero attached hydrogens (tertiary/aromatic N) is 1. The van der Waals surface area contributed by atoms with E-state index in [4.69, 9.17) is 10.7 Å². The summed E-state index contributed by atoms with van der Waals surface area (Å²) in [6, 6.07) is 27.7. The highest BCUT2D eigenvalue weighted by molar-refractivity contribution is 7.98. The zero-order valence-corrected chi connectivity index (χ0v) is 15.9. The van der Waals surface area contributed by atoms with Gasteiger partial charge in [0.2, 0.25) is 5.91 Å². The smallest absolute Gasteiger partial charge is 0.248 e. The molecule has 0 bridgehead atoms. The maximum atomic E-state index is 11.4. The molecule has 0 unspecified atom stereocenters. The number of imidazole rings is 1. The summed E-state index contributed by atoms with van der Waals surface area (Å²) >= 11 is 1.60. The van der Waals surface area contributed by atoms with Crippen molar-refractivity contribution >= 4 is 17.7 Å². The highest BCUT2D eigenvalue weighted by Crippen LogP contribution is 2.33. The number of primary amides is 1. The molecule has 138 valence electrons. The highest BCUT2D eigenvalue weighted by Gasteiger charge is 2.14. The van der Waals surface area contributed by atoms with Crippen molar-refractivity contribution in [1.82, 2.24) is 9.97 Å². The predicted molar refractivity (Wildman–Crippen MR) is 114 cm³/mol. The van der Waals surface area contributed by atoms with Crippen LogP contribution >= 0.6 is 11.8 Å². The fourth-order valence-corrected chi connectivity index (χ4v) is 3.82. The summed E-state index contributed by atoms with van der Waals surface area (Å²) in [7, 11) is 0. The van der Waals surface area contributed by atoms with Gasteiger partial charge in [0.25, 0.3) is 0 Å². The summed E-state index contributed by atoms with van der Waals surface area (Å²) in [5.41, 5.74) is 11.0. The number of carbonyl (C=O) groups excluding carboxylic acids is 1. The summed E-state index contributed by atoms with van der Waals surface area (Å²) in [6.45, 7) is 0.